The first-order valence-electron chi connectivity index (χ1n) is 4.19. The van der Waals surface area contributed by atoms with Crippen LogP contribution in [0.4, 0.5) is 0 Å². The maximum Gasteiger partial charge on any atom is 0.113 e. The Hall–Kier alpha value is -1.07. The molecule has 0 fully saturated rings. The van der Waals surface area contributed by atoms with Crippen molar-refractivity contribution in [2.45, 2.75) is 13.3 Å². The predicted molar refractivity (Wildman–Crippen MR) is 59.1 cm³/mol. The minimum Gasteiger partial charge on any atom is -0.334 e. The van der Waals surface area contributed by atoms with E-state index in [4.69, 9.17) is 12.2 Å². The lowest BCUT2D eigenvalue weighted by Gasteiger charge is -1.96. The predicted octanol–water partition coefficient (Wildman–Crippen LogP) is 2.49. The van der Waals surface area contributed by atoms with Crippen LogP contribution in [-0.4, -0.2) is 15.0 Å². The highest BCUT2D eigenvalue weighted by Crippen LogP contribution is 2.10. The molecule has 5 heteroatoms. The van der Waals surface area contributed by atoms with E-state index in [1.807, 2.05) is 12.3 Å². The fourth-order valence-electron chi connectivity index (χ4n) is 1.16. The Balaban J connectivity index is 2.23. The van der Waals surface area contributed by atoms with Crippen LogP contribution in [0, 0.1) is 11.6 Å². The molecule has 0 spiro atoms. The van der Waals surface area contributed by atoms with E-state index in [0.717, 1.165) is 22.9 Å². The molecule has 0 saturated heterocycles. The lowest BCUT2D eigenvalue weighted by molar-refractivity contribution is 0.934. The summed E-state index contributed by atoms with van der Waals surface area (Å²) in [4.78, 5) is 11.6. The van der Waals surface area contributed by atoms with Crippen LogP contribution in [-0.2, 0) is 6.42 Å². The Morgan fingerprint density at radius 2 is 2.43 bits per heavy atom. The Morgan fingerprint density at radius 3 is 3.07 bits per heavy atom. The molecule has 72 valence electrons. The Morgan fingerprint density at radius 1 is 1.57 bits per heavy atom. The number of H-pyrrole nitrogens is 1. The van der Waals surface area contributed by atoms with E-state index in [2.05, 4.69) is 15.0 Å². The van der Waals surface area contributed by atoms with Gasteiger partial charge in [0, 0.05) is 18.0 Å². The number of hydrogen-bond donors (Lipinski definition) is 1. The van der Waals surface area contributed by atoms with Gasteiger partial charge in [-0.1, -0.05) is 12.2 Å². The van der Waals surface area contributed by atoms with Gasteiger partial charge in [0.1, 0.15) is 10.5 Å². The summed E-state index contributed by atoms with van der Waals surface area (Å²) in [6, 6.07) is 1.77. The number of aromatic nitrogens is 3. The van der Waals surface area contributed by atoms with Gasteiger partial charge in [0.05, 0.1) is 10.7 Å². The van der Waals surface area contributed by atoms with E-state index in [1.54, 1.807) is 23.6 Å². The number of rotatable bonds is 2. The van der Waals surface area contributed by atoms with Gasteiger partial charge in [0.2, 0.25) is 0 Å². The van der Waals surface area contributed by atoms with Gasteiger partial charge in [-0.3, -0.25) is 0 Å². The summed E-state index contributed by atoms with van der Waals surface area (Å²) in [5.41, 5.74) is 1.04. The fourth-order valence-corrected chi connectivity index (χ4v) is 1.95. The highest BCUT2D eigenvalue weighted by atomic mass is 32.1. The molecule has 0 amide bonds. The van der Waals surface area contributed by atoms with Crippen molar-refractivity contribution in [3.05, 3.63) is 38.8 Å². The first-order chi connectivity index (χ1) is 6.74. The van der Waals surface area contributed by atoms with E-state index in [1.165, 1.54) is 0 Å². The van der Waals surface area contributed by atoms with Crippen molar-refractivity contribution >= 4 is 23.6 Å². The Kier molecular flexibility index (Phi) is 2.69. The Bertz CT molecular complexity index is 487. The molecular formula is C9H9N3S2. The maximum absolute atomic E-state index is 5.01. The molecule has 0 aliphatic rings. The third-order valence-corrected chi connectivity index (χ3v) is 2.80. The summed E-state index contributed by atoms with van der Waals surface area (Å²) in [6.45, 7) is 1.99. The van der Waals surface area contributed by atoms with Crippen LogP contribution in [0.15, 0.2) is 17.6 Å². The normalized spacial score (nSPS) is 10.4. The number of aryl methyl sites for hydroxylation is 1. The molecule has 1 N–H and O–H groups in total. The summed E-state index contributed by atoms with van der Waals surface area (Å²) in [7, 11) is 0. The van der Waals surface area contributed by atoms with E-state index < -0.39 is 0 Å². The van der Waals surface area contributed by atoms with Crippen molar-refractivity contribution in [3.8, 4) is 0 Å². The molecule has 2 heterocycles. The molecule has 14 heavy (non-hydrogen) atoms. The summed E-state index contributed by atoms with van der Waals surface area (Å²) >= 11 is 6.66. The summed E-state index contributed by atoms with van der Waals surface area (Å²) in [5.74, 6) is 0.864. The molecule has 0 bridgehead atoms. The molecule has 0 unspecified atom stereocenters. The monoisotopic (exact) mass is 223 g/mol. The summed E-state index contributed by atoms with van der Waals surface area (Å²) in [6.07, 6.45) is 2.43. The highest BCUT2D eigenvalue weighted by molar-refractivity contribution is 7.71. The van der Waals surface area contributed by atoms with Gasteiger partial charge >= 0.3 is 0 Å². The number of nitrogens with one attached hydrogen (secondary N) is 1. The van der Waals surface area contributed by atoms with Crippen LogP contribution in [0.2, 0.25) is 0 Å². The van der Waals surface area contributed by atoms with Gasteiger partial charge in [0.25, 0.3) is 0 Å². The van der Waals surface area contributed by atoms with Gasteiger partial charge in [0.15, 0.2) is 0 Å². The lowest BCUT2D eigenvalue weighted by atomic mass is 10.3. The van der Waals surface area contributed by atoms with Crippen LogP contribution in [0.1, 0.15) is 16.5 Å². The minimum absolute atomic E-state index is 0.710. The highest BCUT2D eigenvalue weighted by Gasteiger charge is 2.00. The first kappa shape index (κ1) is 9.48. The molecule has 0 aliphatic carbocycles. The number of hydrogen-bond acceptors (Lipinski definition) is 4. The van der Waals surface area contributed by atoms with Crippen LogP contribution >= 0.6 is 23.6 Å². The van der Waals surface area contributed by atoms with Crippen molar-refractivity contribution in [3.63, 3.8) is 0 Å². The molecule has 2 aromatic heterocycles. The number of aromatic amines is 1. The molecule has 2 aromatic rings. The topological polar surface area (TPSA) is 41.6 Å². The largest absolute Gasteiger partial charge is 0.334 e. The van der Waals surface area contributed by atoms with Crippen molar-refractivity contribution in [2.75, 3.05) is 0 Å². The van der Waals surface area contributed by atoms with Crippen LogP contribution in [0.3, 0.4) is 0 Å². The van der Waals surface area contributed by atoms with Gasteiger partial charge < -0.3 is 4.98 Å². The Labute approximate surface area is 90.9 Å². The van der Waals surface area contributed by atoms with Crippen molar-refractivity contribution in [2.24, 2.45) is 0 Å². The second-order valence-corrected chi connectivity index (χ2v) is 4.42. The van der Waals surface area contributed by atoms with E-state index in [-0.39, 0.29) is 0 Å². The average molecular weight is 223 g/mol. The molecule has 0 atom stereocenters. The zero-order valence-electron chi connectivity index (χ0n) is 7.65. The van der Waals surface area contributed by atoms with Gasteiger partial charge in [-0.2, -0.15) is 0 Å². The van der Waals surface area contributed by atoms with Crippen molar-refractivity contribution in [1.82, 2.24) is 15.0 Å². The van der Waals surface area contributed by atoms with E-state index in [0.29, 0.717) is 4.64 Å². The third-order valence-electron chi connectivity index (χ3n) is 1.74. The van der Waals surface area contributed by atoms with Gasteiger partial charge in [-0.05, 0) is 13.0 Å². The average Bonchev–Trinajstić information content (AvgIpc) is 2.51. The minimum atomic E-state index is 0.710. The van der Waals surface area contributed by atoms with E-state index >= 15 is 0 Å². The second-order valence-electron chi connectivity index (χ2n) is 2.92. The molecular weight excluding hydrogens is 214 g/mol. The van der Waals surface area contributed by atoms with E-state index in [9.17, 15) is 0 Å². The third kappa shape index (κ3) is 2.24. The summed E-state index contributed by atoms with van der Waals surface area (Å²) in [5, 5.41) is 3.12. The SMILES string of the molecule is Cc1nc(Cc2nccc(=S)[nH]2)cs1. The van der Waals surface area contributed by atoms with Gasteiger partial charge in [-0.25, -0.2) is 9.97 Å². The van der Waals surface area contributed by atoms with Crippen LogP contribution < -0.4 is 0 Å². The molecule has 0 saturated carbocycles. The van der Waals surface area contributed by atoms with Crippen LogP contribution in [0.25, 0.3) is 0 Å². The molecule has 2 rings (SSSR count). The molecule has 0 aliphatic heterocycles. The summed E-state index contributed by atoms with van der Waals surface area (Å²) < 4.78 is 0.710. The zero-order valence-corrected chi connectivity index (χ0v) is 9.28. The number of nitrogens with zero attached hydrogens (tertiary/aromatic N) is 2. The lowest BCUT2D eigenvalue weighted by Crippen LogP contribution is -1.96. The standard InChI is InChI=1S/C9H9N3S2/c1-6-11-7(5-14-6)4-8-10-3-2-9(13)12-8/h2-3,5H,4H2,1H3,(H,10,12,13). The molecule has 0 aromatic carbocycles. The van der Waals surface area contributed by atoms with Crippen LogP contribution in [0.5, 0.6) is 0 Å². The van der Waals surface area contributed by atoms with Gasteiger partial charge in [-0.15, -0.1) is 11.3 Å². The zero-order chi connectivity index (χ0) is 9.97. The van der Waals surface area contributed by atoms with Crippen molar-refractivity contribution in [1.29, 1.82) is 0 Å². The second kappa shape index (κ2) is 3.98. The smallest absolute Gasteiger partial charge is 0.113 e. The maximum atomic E-state index is 5.01. The number of thiazole rings is 1. The molecule has 3 nitrogen and oxygen atoms in total. The molecule has 0 radical (unpaired) electrons. The first-order valence-corrected chi connectivity index (χ1v) is 5.48. The van der Waals surface area contributed by atoms with Crippen molar-refractivity contribution < 1.29 is 0 Å². The quantitative estimate of drug-likeness (QED) is 0.795. The fraction of sp³-hybridized carbons (Fsp3) is 0.222.